The van der Waals surface area contributed by atoms with E-state index in [0.717, 1.165) is 26.9 Å². The Morgan fingerprint density at radius 3 is 2.75 bits per heavy atom. The van der Waals surface area contributed by atoms with Crippen LogP contribution in [0.5, 0.6) is 5.75 Å². The highest BCUT2D eigenvalue weighted by atomic mass is 79.9. The average Bonchev–Trinajstić information content (AvgIpc) is 3.11. The Labute approximate surface area is 171 Å². The minimum absolute atomic E-state index is 0.214. The van der Waals surface area contributed by atoms with Crippen LogP contribution in [-0.4, -0.2) is 22.4 Å². The lowest BCUT2D eigenvalue weighted by Crippen LogP contribution is -2.13. The Morgan fingerprint density at radius 1 is 1.14 bits per heavy atom. The SMILES string of the molecule is COc1ccc(-c2cn3ccc(C)cc3n2)cc1NC(=O)c1ccccc1Br. The molecule has 0 saturated heterocycles. The van der Waals surface area contributed by atoms with Crippen LogP contribution in [0.1, 0.15) is 15.9 Å². The summed E-state index contributed by atoms with van der Waals surface area (Å²) < 4.78 is 8.14. The number of nitrogens with one attached hydrogen (secondary N) is 1. The zero-order valence-corrected chi connectivity index (χ0v) is 17.0. The fourth-order valence-corrected chi connectivity index (χ4v) is 3.49. The number of nitrogens with zero attached hydrogens (tertiary/aromatic N) is 2. The fraction of sp³-hybridized carbons (Fsp3) is 0.0909. The van der Waals surface area contributed by atoms with Gasteiger partial charge in [-0.1, -0.05) is 12.1 Å². The highest BCUT2D eigenvalue weighted by Gasteiger charge is 2.14. The van der Waals surface area contributed by atoms with Crippen molar-refractivity contribution in [2.75, 3.05) is 12.4 Å². The quantitative estimate of drug-likeness (QED) is 0.470. The number of benzene rings is 2. The molecule has 4 rings (SSSR count). The van der Waals surface area contributed by atoms with Crippen molar-refractivity contribution in [3.05, 3.63) is 82.6 Å². The summed E-state index contributed by atoms with van der Waals surface area (Å²) in [6.45, 7) is 2.04. The monoisotopic (exact) mass is 435 g/mol. The summed E-state index contributed by atoms with van der Waals surface area (Å²) in [5, 5.41) is 2.94. The van der Waals surface area contributed by atoms with Crippen molar-refractivity contribution in [3.63, 3.8) is 0 Å². The van der Waals surface area contributed by atoms with Crippen LogP contribution in [-0.2, 0) is 0 Å². The molecular formula is C22H18BrN3O2. The van der Waals surface area contributed by atoms with E-state index in [0.29, 0.717) is 17.0 Å². The molecule has 0 spiro atoms. The second-order valence-electron chi connectivity index (χ2n) is 6.44. The Balaban J connectivity index is 1.71. The lowest BCUT2D eigenvalue weighted by molar-refractivity contribution is 0.102. The fourth-order valence-electron chi connectivity index (χ4n) is 3.02. The largest absolute Gasteiger partial charge is 0.495 e. The van der Waals surface area contributed by atoms with Gasteiger partial charge in [-0.05, 0) is 70.9 Å². The lowest BCUT2D eigenvalue weighted by Gasteiger charge is -2.12. The predicted molar refractivity (Wildman–Crippen MR) is 114 cm³/mol. The van der Waals surface area contributed by atoms with Gasteiger partial charge in [-0.3, -0.25) is 4.79 Å². The van der Waals surface area contributed by atoms with Crippen LogP contribution in [0.25, 0.3) is 16.9 Å². The smallest absolute Gasteiger partial charge is 0.256 e. The number of anilines is 1. The van der Waals surface area contributed by atoms with Crippen LogP contribution in [0.15, 0.2) is 71.5 Å². The summed E-state index contributed by atoms with van der Waals surface area (Å²) in [4.78, 5) is 17.4. The van der Waals surface area contributed by atoms with Gasteiger partial charge in [-0.25, -0.2) is 4.98 Å². The molecule has 0 aliphatic rings. The number of halogens is 1. The maximum absolute atomic E-state index is 12.7. The first kappa shape index (κ1) is 18.3. The summed E-state index contributed by atoms with van der Waals surface area (Å²) in [6, 6.07) is 17.0. The maximum Gasteiger partial charge on any atom is 0.256 e. The topological polar surface area (TPSA) is 55.6 Å². The Hall–Kier alpha value is -3.12. The third-order valence-electron chi connectivity index (χ3n) is 4.48. The van der Waals surface area contributed by atoms with E-state index in [-0.39, 0.29) is 5.91 Å². The van der Waals surface area contributed by atoms with E-state index in [1.54, 1.807) is 13.2 Å². The molecule has 140 valence electrons. The van der Waals surface area contributed by atoms with E-state index in [1.165, 1.54) is 0 Å². The van der Waals surface area contributed by atoms with E-state index in [4.69, 9.17) is 9.72 Å². The Morgan fingerprint density at radius 2 is 1.96 bits per heavy atom. The molecule has 1 amide bonds. The van der Waals surface area contributed by atoms with E-state index in [1.807, 2.05) is 72.2 Å². The van der Waals surface area contributed by atoms with Gasteiger partial charge in [0.05, 0.1) is 24.1 Å². The first-order valence-electron chi connectivity index (χ1n) is 8.75. The molecule has 0 bridgehead atoms. The number of methoxy groups -OCH3 is 1. The number of amides is 1. The summed E-state index contributed by atoms with van der Waals surface area (Å²) in [6.07, 6.45) is 3.95. The molecule has 1 N–H and O–H groups in total. The van der Waals surface area contributed by atoms with Gasteiger partial charge in [0.2, 0.25) is 0 Å². The number of fused-ring (bicyclic) bond motifs is 1. The van der Waals surface area contributed by atoms with Crippen molar-refractivity contribution in [1.82, 2.24) is 9.38 Å². The van der Waals surface area contributed by atoms with E-state index >= 15 is 0 Å². The Bertz CT molecular complexity index is 1180. The van der Waals surface area contributed by atoms with E-state index < -0.39 is 0 Å². The molecule has 5 nitrogen and oxygen atoms in total. The van der Waals surface area contributed by atoms with Crippen LogP contribution in [0.4, 0.5) is 5.69 Å². The molecule has 0 saturated carbocycles. The van der Waals surface area contributed by atoms with E-state index in [2.05, 4.69) is 21.2 Å². The van der Waals surface area contributed by atoms with Crippen LogP contribution in [0.3, 0.4) is 0 Å². The minimum Gasteiger partial charge on any atom is -0.495 e. The molecule has 28 heavy (non-hydrogen) atoms. The zero-order chi connectivity index (χ0) is 19.7. The highest BCUT2D eigenvalue weighted by Crippen LogP contribution is 2.31. The number of carbonyl (C=O) groups is 1. The average molecular weight is 436 g/mol. The van der Waals surface area contributed by atoms with Gasteiger partial charge < -0.3 is 14.5 Å². The molecule has 6 heteroatoms. The summed E-state index contributed by atoms with van der Waals surface area (Å²) in [5.74, 6) is 0.373. The number of carbonyl (C=O) groups excluding carboxylic acids is 1. The van der Waals surface area contributed by atoms with Crippen LogP contribution >= 0.6 is 15.9 Å². The van der Waals surface area contributed by atoms with Crippen molar-refractivity contribution in [1.29, 1.82) is 0 Å². The molecule has 4 aromatic rings. The number of imidazole rings is 1. The number of rotatable bonds is 4. The molecule has 0 atom stereocenters. The molecule has 0 unspecified atom stereocenters. The normalized spacial score (nSPS) is 10.8. The molecule has 2 aromatic heterocycles. The first-order valence-corrected chi connectivity index (χ1v) is 9.54. The maximum atomic E-state index is 12.7. The number of aryl methyl sites for hydroxylation is 1. The number of hydrogen-bond donors (Lipinski definition) is 1. The summed E-state index contributed by atoms with van der Waals surface area (Å²) in [7, 11) is 1.58. The van der Waals surface area contributed by atoms with Crippen molar-refractivity contribution in [2.45, 2.75) is 6.92 Å². The highest BCUT2D eigenvalue weighted by molar-refractivity contribution is 9.10. The van der Waals surface area contributed by atoms with Gasteiger partial charge in [0.1, 0.15) is 11.4 Å². The molecule has 2 aromatic carbocycles. The number of ether oxygens (including phenoxy) is 1. The molecular weight excluding hydrogens is 418 g/mol. The molecule has 0 radical (unpaired) electrons. The summed E-state index contributed by atoms with van der Waals surface area (Å²) in [5.41, 5.74) is 4.90. The van der Waals surface area contributed by atoms with Crippen LogP contribution in [0.2, 0.25) is 0 Å². The predicted octanol–water partition coefficient (Wildman–Crippen LogP) is 5.33. The number of hydrogen-bond acceptors (Lipinski definition) is 3. The lowest BCUT2D eigenvalue weighted by atomic mass is 10.1. The number of pyridine rings is 1. The molecule has 0 fully saturated rings. The summed E-state index contributed by atoms with van der Waals surface area (Å²) >= 11 is 3.42. The molecule has 2 heterocycles. The van der Waals surface area contributed by atoms with Crippen molar-refractivity contribution < 1.29 is 9.53 Å². The second kappa shape index (κ2) is 7.48. The minimum atomic E-state index is -0.214. The van der Waals surface area contributed by atoms with E-state index in [9.17, 15) is 4.79 Å². The first-order chi connectivity index (χ1) is 13.5. The molecule has 0 aliphatic heterocycles. The number of aromatic nitrogens is 2. The third kappa shape index (κ3) is 3.51. The van der Waals surface area contributed by atoms with Gasteiger partial charge in [-0.2, -0.15) is 0 Å². The van der Waals surface area contributed by atoms with Gasteiger partial charge in [0.15, 0.2) is 0 Å². The second-order valence-corrected chi connectivity index (χ2v) is 7.30. The third-order valence-corrected chi connectivity index (χ3v) is 5.17. The van der Waals surface area contributed by atoms with Crippen LogP contribution < -0.4 is 10.1 Å². The van der Waals surface area contributed by atoms with Gasteiger partial charge in [0, 0.05) is 22.4 Å². The standard InChI is InChI=1S/C22H18BrN3O2/c1-14-9-10-26-13-19(24-21(26)11-14)15-7-8-20(28-2)18(12-15)25-22(27)16-5-3-4-6-17(16)23/h3-13H,1-2H3,(H,25,27). The Kier molecular flexibility index (Phi) is 4.88. The van der Waals surface area contributed by atoms with Gasteiger partial charge >= 0.3 is 0 Å². The van der Waals surface area contributed by atoms with Crippen LogP contribution in [0, 0.1) is 6.92 Å². The van der Waals surface area contributed by atoms with Crippen molar-refractivity contribution >= 4 is 33.2 Å². The molecule has 0 aliphatic carbocycles. The zero-order valence-electron chi connectivity index (χ0n) is 15.4. The van der Waals surface area contributed by atoms with Gasteiger partial charge in [-0.15, -0.1) is 0 Å². The van der Waals surface area contributed by atoms with Gasteiger partial charge in [0.25, 0.3) is 5.91 Å². The van der Waals surface area contributed by atoms with Crippen molar-refractivity contribution in [2.24, 2.45) is 0 Å². The van der Waals surface area contributed by atoms with Crippen molar-refractivity contribution in [3.8, 4) is 17.0 Å².